The van der Waals surface area contributed by atoms with Crippen LogP contribution in [0.15, 0.2) is 22.5 Å². The lowest BCUT2D eigenvalue weighted by Crippen LogP contribution is -2.38. The number of guanidine groups is 1. The van der Waals surface area contributed by atoms with Crippen LogP contribution in [0, 0.1) is 0 Å². The topological polar surface area (TPSA) is 36.4 Å². The largest absolute Gasteiger partial charge is 0.357 e. The van der Waals surface area contributed by atoms with Gasteiger partial charge in [0.05, 0.1) is 0 Å². The minimum atomic E-state index is 0.883. The van der Waals surface area contributed by atoms with E-state index in [2.05, 4.69) is 47.0 Å². The molecule has 2 N–H and O–H groups in total. The summed E-state index contributed by atoms with van der Waals surface area (Å²) in [6.45, 7) is 6.96. The number of rotatable bonds is 6. The summed E-state index contributed by atoms with van der Waals surface area (Å²) in [5.74, 6) is 0.931. The zero-order valence-corrected chi connectivity index (χ0v) is 10.9. The van der Waals surface area contributed by atoms with Crippen molar-refractivity contribution in [2.24, 2.45) is 4.99 Å². The predicted octanol–water partition coefficient (Wildman–Crippen LogP) is 2.26. The van der Waals surface area contributed by atoms with E-state index >= 15 is 0 Å². The molecular weight excluding hydrogens is 218 g/mol. The van der Waals surface area contributed by atoms with E-state index in [9.17, 15) is 0 Å². The zero-order valence-electron chi connectivity index (χ0n) is 10.1. The standard InChI is InChI=1S/C12H21N3S/c1-3-8-14-12(13-4-2)15-9-7-11-6-5-10-16-11/h5-6,10H,3-4,7-9H2,1-2H3,(H2,13,14,15). The van der Waals surface area contributed by atoms with Gasteiger partial charge < -0.3 is 10.6 Å². The summed E-state index contributed by atoms with van der Waals surface area (Å²) in [4.78, 5) is 5.86. The van der Waals surface area contributed by atoms with Crippen LogP contribution in [0.4, 0.5) is 0 Å². The molecule has 0 atom stereocenters. The highest BCUT2D eigenvalue weighted by Gasteiger charge is 1.97. The van der Waals surface area contributed by atoms with E-state index in [0.717, 1.165) is 38.4 Å². The monoisotopic (exact) mass is 239 g/mol. The van der Waals surface area contributed by atoms with Crippen molar-refractivity contribution in [3.05, 3.63) is 22.4 Å². The van der Waals surface area contributed by atoms with Gasteiger partial charge in [0, 0.05) is 24.5 Å². The molecule has 0 aliphatic heterocycles. The third-order valence-corrected chi connectivity index (χ3v) is 3.02. The Morgan fingerprint density at radius 2 is 2.25 bits per heavy atom. The van der Waals surface area contributed by atoms with E-state index in [4.69, 9.17) is 0 Å². The molecule has 16 heavy (non-hydrogen) atoms. The molecule has 0 bridgehead atoms. The van der Waals surface area contributed by atoms with Gasteiger partial charge in [0.25, 0.3) is 0 Å². The number of nitrogens with one attached hydrogen (secondary N) is 2. The average molecular weight is 239 g/mol. The van der Waals surface area contributed by atoms with Gasteiger partial charge >= 0.3 is 0 Å². The Morgan fingerprint density at radius 1 is 1.38 bits per heavy atom. The second-order valence-corrected chi connectivity index (χ2v) is 4.55. The van der Waals surface area contributed by atoms with Crippen LogP contribution in [0.2, 0.25) is 0 Å². The minimum absolute atomic E-state index is 0.883. The highest BCUT2D eigenvalue weighted by molar-refractivity contribution is 7.09. The van der Waals surface area contributed by atoms with E-state index in [1.54, 1.807) is 11.3 Å². The Hall–Kier alpha value is -1.03. The first-order valence-corrected chi connectivity index (χ1v) is 6.79. The van der Waals surface area contributed by atoms with Crippen LogP contribution in [0.5, 0.6) is 0 Å². The zero-order chi connectivity index (χ0) is 11.6. The maximum absolute atomic E-state index is 4.45. The SMILES string of the molecule is CCCN=C(NCC)NCCc1cccs1. The molecule has 0 unspecified atom stereocenters. The third kappa shape index (κ3) is 5.16. The molecule has 1 aromatic rings. The van der Waals surface area contributed by atoms with Gasteiger partial charge in [-0.15, -0.1) is 11.3 Å². The average Bonchev–Trinajstić information content (AvgIpc) is 2.79. The first-order chi connectivity index (χ1) is 7.86. The molecule has 0 radical (unpaired) electrons. The van der Waals surface area contributed by atoms with Crippen LogP contribution in [-0.2, 0) is 6.42 Å². The number of nitrogens with zero attached hydrogens (tertiary/aromatic N) is 1. The fourth-order valence-corrected chi connectivity index (χ4v) is 2.03. The van der Waals surface area contributed by atoms with Gasteiger partial charge in [-0.25, -0.2) is 0 Å². The summed E-state index contributed by atoms with van der Waals surface area (Å²) >= 11 is 1.81. The van der Waals surface area contributed by atoms with E-state index in [-0.39, 0.29) is 0 Å². The Balaban J connectivity index is 2.26. The first kappa shape index (κ1) is 13.0. The van der Waals surface area contributed by atoms with Crippen LogP contribution in [0.1, 0.15) is 25.1 Å². The predicted molar refractivity (Wildman–Crippen MR) is 72.3 cm³/mol. The molecule has 0 aliphatic rings. The molecule has 0 saturated heterocycles. The number of thiophene rings is 1. The van der Waals surface area contributed by atoms with Gasteiger partial charge in [0.15, 0.2) is 5.96 Å². The molecule has 0 amide bonds. The van der Waals surface area contributed by atoms with Crippen molar-refractivity contribution < 1.29 is 0 Å². The maximum Gasteiger partial charge on any atom is 0.191 e. The maximum atomic E-state index is 4.45. The molecule has 0 saturated carbocycles. The summed E-state index contributed by atoms with van der Waals surface area (Å²) in [5.41, 5.74) is 0. The Morgan fingerprint density at radius 3 is 2.88 bits per heavy atom. The quantitative estimate of drug-likeness (QED) is 0.590. The molecule has 0 fully saturated rings. The van der Waals surface area contributed by atoms with Crippen molar-refractivity contribution in [1.82, 2.24) is 10.6 Å². The Labute approximate surface area is 102 Å². The number of hydrogen-bond donors (Lipinski definition) is 2. The highest BCUT2D eigenvalue weighted by Crippen LogP contribution is 2.07. The lowest BCUT2D eigenvalue weighted by atomic mass is 10.3. The van der Waals surface area contributed by atoms with Crippen molar-refractivity contribution in [2.75, 3.05) is 19.6 Å². The van der Waals surface area contributed by atoms with Crippen LogP contribution in [-0.4, -0.2) is 25.6 Å². The number of aliphatic imine (C=N–C) groups is 1. The van der Waals surface area contributed by atoms with E-state index in [1.807, 2.05) is 0 Å². The van der Waals surface area contributed by atoms with Crippen LogP contribution in [0.3, 0.4) is 0 Å². The van der Waals surface area contributed by atoms with Crippen molar-refractivity contribution >= 4 is 17.3 Å². The second kappa shape index (κ2) is 8.16. The van der Waals surface area contributed by atoms with Gasteiger partial charge in [-0.2, -0.15) is 0 Å². The van der Waals surface area contributed by atoms with E-state index < -0.39 is 0 Å². The van der Waals surface area contributed by atoms with Gasteiger partial charge in [0.2, 0.25) is 0 Å². The van der Waals surface area contributed by atoms with Gasteiger partial charge in [0.1, 0.15) is 0 Å². The molecule has 1 aromatic heterocycles. The van der Waals surface area contributed by atoms with Crippen LogP contribution >= 0.6 is 11.3 Å². The van der Waals surface area contributed by atoms with Crippen molar-refractivity contribution in [1.29, 1.82) is 0 Å². The molecule has 0 aromatic carbocycles. The smallest absolute Gasteiger partial charge is 0.191 e. The highest BCUT2D eigenvalue weighted by atomic mass is 32.1. The lowest BCUT2D eigenvalue weighted by Gasteiger charge is -2.10. The summed E-state index contributed by atoms with van der Waals surface area (Å²) in [5, 5.41) is 8.70. The fraction of sp³-hybridized carbons (Fsp3) is 0.583. The van der Waals surface area contributed by atoms with Crippen molar-refractivity contribution in [3.8, 4) is 0 Å². The summed E-state index contributed by atoms with van der Waals surface area (Å²) in [7, 11) is 0. The fourth-order valence-electron chi connectivity index (χ4n) is 1.32. The Bertz CT molecular complexity index is 293. The van der Waals surface area contributed by atoms with E-state index in [1.165, 1.54) is 4.88 Å². The molecule has 1 rings (SSSR count). The van der Waals surface area contributed by atoms with Crippen molar-refractivity contribution in [2.45, 2.75) is 26.7 Å². The van der Waals surface area contributed by atoms with Gasteiger partial charge in [-0.05, 0) is 31.2 Å². The molecule has 3 nitrogen and oxygen atoms in total. The molecular formula is C12H21N3S. The van der Waals surface area contributed by atoms with Gasteiger partial charge in [-0.3, -0.25) is 4.99 Å². The minimum Gasteiger partial charge on any atom is -0.357 e. The molecule has 1 heterocycles. The van der Waals surface area contributed by atoms with Crippen LogP contribution in [0.25, 0.3) is 0 Å². The van der Waals surface area contributed by atoms with Gasteiger partial charge in [-0.1, -0.05) is 13.0 Å². The summed E-state index contributed by atoms with van der Waals surface area (Å²) < 4.78 is 0. The molecule has 0 spiro atoms. The normalized spacial score (nSPS) is 11.5. The van der Waals surface area contributed by atoms with E-state index in [0.29, 0.717) is 0 Å². The summed E-state index contributed by atoms with van der Waals surface area (Å²) in [6.07, 6.45) is 2.15. The second-order valence-electron chi connectivity index (χ2n) is 3.52. The Kier molecular flexibility index (Phi) is 6.65. The van der Waals surface area contributed by atoms with Crippen molar-refractivity contribution in [3.63, 3.8) is 0 Å². The lowest BCUT2D eigenvalue weighted by molar-refractivity contribution is 0.798. The summed E-state index contributed by atoms with van der Waals surface area (Å²) in [6, 6.07) is 4.26. The number of hydrogen-bond acceptors (Lipinski definition) is 2. The molecule has 0 aliphatic carbocycles. The van der Waals surface area contributed by atoms with Crippen LogP contribution < -0.4 is 10.6 Å². The molecule has 4 heteroatoms. The molecule has 90 valence electrons. The third-order valence-electron chi connectivity index (χ3n) is 2.08. The first-order valence-electron chi connectivity index (χ1n) is 5.91.